The van der Waals surface area contributed by atoms with Crippen LogP contribution in [0.4, 0.5) is 0 Å². The minimum absolute atomic E-state index is 0.810. The van der Waals surface area contributed by atoms with Gasteiger partial charge < -0.3 is 5.32 Å². The Labute approximate surface area is 55.9 Å². The Morgan fingerprint density at radius 2 is 2.33 bits per heavy atom. The van der Waals surface area contributed by atoms with Gasteiger partial charge in [0.2, 0.25) is 0 Å². The van der Waals surface area contributed by atoms with Crippen LogP contribution >= 0.6 is 0 Å². The molecule has 0 saturated heterocycles. The molecule has 0 aromatic carbocycles. The lowest BCUT2D eigenvalue weighted by Crippen LogP contribution is -2.17. The van der Waals surface area contributed by atoms with Gasteiger partial charge in [0, 0.05) is 13.6 Å². The number of hydrogen-bond acceptors (Lipinski definition) is 2. The Morgan fingerprint density at radius 1 is 1.67 bits per heavy atom. The fourth-order valence-electron chi connectivity index (χ4n) is 0.295. The summed E-state index contributed by atoms with van der Waals surface area (Å²) in [6.45, 7) is 4.68. The highest BCUT2D eigenvalue weighted by Gasteiger charge is 1.77. The van der Waals surface area contributed by atoms with Crippen molar-refractivity contribution in [3.63, 3.8) is 0 Å². The van der Waals surface area contributed by atoms with E-state index in [1.165, 1.54) is 0 Å². The van der Waals surface area contributed by atoms with E-state index in [-0.39, 0.29) is 0 Å². The van der Waals surface area contributed by atoms with E-state index in [9.17, 15) is 0 Å². The summed E-state index contributed by atoms with van der Waals surface area (Å²) in [4.78, 5) is 7.82. The maximum absolute atomic E-state index is 3.94. The zero-order chi connectivity index (χ0) is 7.11. The van der Waals surface area contributed by atoms with E-state index in [1.54, 1.807) is 13.4 Å². The Morgan fingerprint density at radius 3 is 2.78 bits per heavy atom. The van der Waals surface area contributed by atoms with Crippen molar-refractivity contribution in [2.75, 3.05) is 13.6 Å². The lowest BCUT2D eigenvalue weighted by Gasteiger charge is -1.93. The Bertz CT molecular complexity index is 115. The van der Waals surface area contributed by atoms with Crippen LogP contribution in [0.25, 0.3) is 0 Å². The smallest absolute Gasteiger partial charge is 0.0978 e. The normalized spacial score (nSPS) is 12.6. The first-order valence-corrected chi connectivity index (χ1v) is 2.99. The summed E-state index contributed by atoms with van der Waals surface area (Å²) in [6.07, 6.45) is 1.66. The van der Waals surface area contributed by atoms with Gasteiger partial charge in [-0.05, 0) is 13.8 Å². The Balaban J connectivity index is 3.38. The molecule has 0 saturated carbocycles. The molecule has 0 bridgehead atoms. The molecule has 0 heterocycles. The highest BCUT2D eigenvalue weighted by atomic mass is 15.0. The molecule has 0 spiro atoms. The van der Waals surface area contributed by atoms with Gasteiger partial charge in [0.15, 0.2) is 0 Å². The molecule has 0 amide bonds. The van der Waals surface area contributed by atoms with Crippen molar-refractivity contribution in [2.24, 2.45) is 9.98 Å². The van der Waals surface area contributed by atoms with Crippen LogP contribution in [0.15, 0.2) is 9.98 Å². The summed E-state index contributed by atoms with van der Waals surface area (Å²) in [5.41, 5.74) is 0. The number of nitrogens with one attached hydrogen (secondary N) is 1. The van der Waals surface area contributed by atoms with Crippen molar-refractivity contribution in [3.8, 4) is 0 Å². The standard InChI is InChI=1S/C6H13N3/c1-4-8-5-9-6(2)7-3/h5H,4H2,1-3H3,(H,7,8,9). The van der Waals surface area contributed by atoms with Gasteiger partial charge in [-0.2, -0.15) is 0 Å². The molecular formula is C6H13N3. The molecule has 0 unspecified atom stereocenters. The number of aliphatic imine (C=N–C) groups is 2. The average molecular weight is 127 g/mol. The molecular weight excluding hydrogens is 114 g/mol. The van der Waals surface area contributed by atoms with E-state index in [2.05, 4.69) is 15.3 Å². The third-order valence-electron chi connectivity index (χ3n) is 0.883. The fourth-order valence-corrected chi connectivity index (χ4v) is 0.295. The number of nitrogens with zero attached hydrogens (tertiary/aromatic N) is 2. The molecule has 0 atom stereocenters. The summed E-state index contributed by atoms with van der Waals surface area (Å²) in [5.74, 6) is 0.882. The zero-order valence-electron chi connectivity index (χ0n) is 6.18. The van der Waals surface area contributed by atoms with E-state index in [1.807, 2.05) is 13.8 Å². The van der Waals surface area contributed by atoms with Gasteiger partial charge in [0.1, 0.15) is 0 Å². The van der Waals surface area contributed by atoms with Crippen LogP contribution in [-0.2, 0) is 0 Å². The van der Waals surface area contributed by atoms with Crippen LogP contribution in [0.2, 0.25) is 0 Å². The summed E-state index contributed by atoms with van der Waals surface area (Å²) >= 11 is 0. The van der Waals surface area contributed by atoms with E-state index in [4.69, 9.17) is 0 Å². The second-order valence-electron chi connectivity index (χ2n) is 1.58. The summed E-state index contributed by atoms with van der Waals surface area (Å²) in [7, 11) is 1.74. The maximum Gasteiger partial charge on any atom is 0.0978 e. The lowest BCUT2D eigenvalue weighted by molar-refractivity contribution is 1.12. The predicted octanol–water partition coefficient (Wildman–Crippen LogP) is 0.672. The molecule has 3 nitrogen and oxygen atoms in total. The molecule has 0 rings (SSSR count). The molecule has 0 aliphatic heterocycles. The summed E-state index contributed by atoms with van der Waals surface area (Å²) in [6, 6.07) is 0. The van der Waals surface area contributed by atoms with Crippen molar-refractivity contribution in [1.82, 2.24) is 5.32 Å². The van der Waals surface area contributed by atoms with Crippen LogP contribution in [-0.4, -0.2) is 25.8 Å². The average Bonchev–Trinajstić information content (AvgIpc) is 1.89. The molecule has 0 aliphatic carbocycles. The van der Waals surface area contributed by atoms with E-state index in [0.29, 0.717) is 0 Å². The summed E-state index contributed by atoms with van der Waals surface area (Å²) < 4.78 is 0. The zero-order valence-corrected chi connectivity index (χ0v) is 6.18. The Hall–Kier alpha value is -0.860. The summed E-state index contributed by atoms with van der Waals surface area (Å²) in [5, 5.41) is 2.89. The van der Waals surface area contributed by atoms with Crippen LogP contribution in [0, 0.1) is 0 Å². The molecule has 0 radical (unpaired) electrons. The van der Waals surface area contributed by atoms with Gasteiger partial charge in [-0.15, -0.1) is 0 Å². The Kier molecular flexibility index (Phi) is 4.78. The van der Waals surface area contributed by atoms with Gasteiger partial charge in [-0.3, -0.25) is 9.98 Å². The highest BCUT2D eigenvalue weighted by Crippen LogP contribution is 1.64. The molecule has 1 N–H and O–H groups in total. The minimum Gasteiger partial charge on any atom is -0.336 e. The largest absolute Gasteiger partial charge is 0.336 e. The third kappa shape index (κ3) is 5.00. The predicted molar refractivity (Wildman–Crippen MR) is 41.2 cm³/mol. The molecule has 52 valence electrons. The second kappa shape index (κ2) is 5.28. The molecule has 0 aromatic heterocycles. The van der Waals surface area contributed by atoms with Gasteiger partial charge in [0.25, 0.3) is 0 Å². The van der Waals surface area contributed by atoms with E-state index >= 15 is 0 Å². The topological polar surface area (TPSA) is 36.8 Å². The van der Waals surface area contributed by atoms with Gasteiger partial charge >= 0.3 is 0 Å². The van der Waals surface area contributed by atoms with Crippen LogP contribution in [0.3, 0.4) is 0 Å². The molecule has 0 aliphatic rings. The molecule has 0 fully saturated rings. The van der Waals surface area contributed by atoms with Crippen LogP contribution in [0.5, 0.6) is 0 Å². The molecule has 3 heteroatoms. The first kappa shape index (κ1) is 8.14. The van der Waals surface area contributed by atoms with Gasteiger partial charge in [-0.1, -0.05) is 0 Å². The van der Waals surface area contributed by atoms with Crippen molar-refractivity contribution in [1.29, 1.82) is 0 Å². The van der Waals surface area contributed by atoms with E-state index < -0.39 is 0 Å². The SMILES string of the molecule is CCN=CNC(C)=NC. The second-order valence-corrected chi connectivity index (χ2v) is 1.58. The third-order valence-corrected chi connectivity index (χ3v) is 0.883. The fraction of sp³-hybridized carbons (Fsp3) is 0.667. The van der Waals surface area contributed by atoms with Gasteiger partial charge in [0.05, 0.1) is 12.2 Å². The lowest BCUT2D eigenvalue weighted by atomic mass is 10.7. The van der Waals surface area contributed by atoms with Crippen molar-refractivity contribution in [3.05, 3.63) is 0 Å². The van der Waals surface area contributed by atoms with Crippen molar-refractivity contribution in [2.45, 2.75) is 13.8 Å². The first-order valence-electron chi connectivity index (χ1n) is 2.99. The van der Waals surface area contributed by atoms with Gasteiger partial charge in [-0.25, -0.2) is 0 Å². The maximum atomic E-state index is 3.94. The molecule has 9 heavy (non-hydrogen) atoms. The van der Waals surface area contributed by atoms with Crippen molar-refractivity contribution >= 4 is 12.2 Å². The first-order chi connectivity index (χ1) is 4.31. The number of hydrogen-bond donors (Lipinski definition) is 1. The monoisotopic (exact) mass is 127 g/mol. The quantitative estimate of drug-likeness (QED) is 0.429. The van der Waals surface area contributed by atoms with Crippen LogP contribution in [0.1, 0.15) is 13.8 Å². The van der Waals surface area contributed by atoms with Crippen molar-refractivity contribution < 1.29 is 0 Å². The van der Waals surface area contributed by atoms with E-state index in [0.717, 1.165) is 12.4 Å². The number of amidine groups is 1. The number of rotatable bonds is 2. The molecule has 0 aromatic rings. The highest BCUT2D eigenvalue weighted by molar-refractivity contribution is 5.89. The van der Waals surface area contributed by atoms with Crippen LogP contribution < -0.4 is 5.32 Å². The minimum atomic E-state index is 0.810.